The highest BCUT2D eigenvalue weighted by molar-refractivity contribution is 6.00. The molecule has 1 atom stereocenters. The Bertz CT molecular complexity index is 1010. The van der Waals surface area contributed by atoms with Gasteiger partial charge < -0.3 is 19.3 Å². The quantitative estimate of drug-likeness (QED) is 0.481. The minimum atomic E-state index is -0.455. The lowest BCUT2D eigenvalue weighted by atomic mass is 10.00. The molecule has 9 nitrogen and oxygen atoms in total. The Morgan fingerprint density at radius 3 is 2.64 bits per heavy atom. The van der Waals surface area contributed by atoms with Crippen LogP contribution < -0.4 is 10.1 Å². The van der Waals surface area contributed by atoms with E-state index in [1.807, 2.05) is 26.8 Å². The molecular weight excluding hydrogens is 364 g/mol. The van der Waals surface area contributed by atoms with Crippen molar-refractivity contribution in [1.29, 1.82) is 0 Å². The number of nitrogens with zero attached hydrogens (tertiary/aromatic N) is 3. The van der Waals surface area contributed by atoms with Gasteiger partial charge in [-0.3, -0.25) is 10.1 Å². The number of rotatable bonds is 7. The second-order valence-corrected chi connectivity index (χ2v) is 6.55. The van der Waals surface area contributed by atoms with Gasteiger partial charge >= 0.3 is 5.69 Å². The SMILES string of the molecule is COC[C@H](C)Nc1c([N+](=O)[O-])cnc2cc(-c3c(C)noc3C)c(OC)cc12. The molecule has 0 saturated heterocycles. The molecule has 0 spiro atoms. The summed E-state index contributed by atoms with van der Waals surface area (Å²) in [6.07, 6.45) is 1.26. The number of aromatic nitrogens is 2. The van der Waals surface area contributed by atoms with Crippen molar-refractivity contribution in [3.63, 3.8) is 0 Å². The van der Waals surface area contributed by atoms with Crippen molar-refractivity contribution < 1.29 is 18.9 Å². The average Bonchev–Trinajstić information content (AvgIpc) is 2.99. The fraction of sp³-hybridized carbons (Fsp3) is 0.368. The van der Waals surface area contributed by atoms with Crippen LogP contribution in [-0.2, 0) is 4.74 Å². The first kappa shape index (κ1) is 19.6. The van der Waals surface area contributed by atoms with Crippen molar-refractivity contribution in [2.24, 2.45) is 0 Å². The summed E-state index contributed by atoms with van der Waals surface area (Å²) in [6.45, 7) is 5.95. The Balaban J connectivity index is 2.26. The summed E-state index contributed by atoms with van der Waals surface area (Å²) < 4.78 is 16.0. The van der Waals surface area contributed by atoms with Gasteiger partial charge in [0, 0.05) is 24.1 Å². The van der Waals surface area contributed by atoms with Crippen molar-refractivity contribution in [1.82, 2.24) is 10.1 Å². The van der Waals surface area contributed by atoms with Crippen molar-refractivity contribution in [2.45, 2.75) is 26.8 Å². The average molecular weight is 386 g/mol. The van der Waals surface area contributed by atoms with E-state index < -0.39 is 4.92 Å². The number of nitro groups is 1. The lowest BCUT2D eigenvalue weighted by Crippen LogP contribution is -2.21. The van der Waals surface area contributed by atoms with Gasteiger partial charge in [-0.25, -0.2) is 4.98 Å². The lowest BCUT2D eigenvalue weighted by Gasteiger charge is -2.17. The summed E-state index contributed by atoms with van der Waals surface area (Å²) in [7, 11) is 3.13. The molecule has 0 unspecified atom stereocenters. The molecule has 0 aliphatic carbocycles. The Morgan fingerprint density at radius 1 is 1.32 bits per heavy atom. The first-order chi connectivity index (χ1) is 13.4. The van der Waals surface area contributed by atoms with E-state index in [4.69, 9.17) is 14.0 Å². The number of aryl methyl sites for hydroxylation is 2. The van der Waals surface area contributed by atoms with Crippen LogP contribution in [0.3, 0.4) is 0 Å². The van der Waals surface area contributed by atoms with Crippen LogP contribution >= 0.6 is 0 Å². The molecule has 3 rings (SSSR count). The highest BCUT2D eigenvalue weighted by Crippen LogP contribution is 2.41. The second-order valence-electron chi connectivity index (χ2n) is 6.55. The van der Waals surface area contributed by atoms with Crippen LogP contribution in [0.1, 0.15) is 18.4 Å². The molecular formula is C19H22N4O5. The monoisotopic (exact) mass is 386 g/mol. The fourth-order valence-electron chi connectivity index (χ4n) is 3.27. The molecule has 0 saturated carbocycles. The number of nitrogens with one attached hydrogen (secondary N) is 1. The summed E-state index contributed by atoms with van der Waals surface area (Å²) in [5.41, 5.74) is 3.17. The number of hydrogen-bond donors (Lipinski definition) is 1. The zero-order chi connectivity index (χ0) is 20.4. The highest BCUT2D eigenvalue weighted by Gasteiger charge is 2.23. The Morgan fingerprint density at radius 2 is 2.07 bits per heavy atom. The first-order valence-corrected chi connectivity index (χ1v) is 8.71. The number of ether oxygens (including phenoxy) is 2. The normalized spacial score (nSPS) is 12.2. The van der Waals surface area contributed by atoms with Crippen molar-refractivity contribution in [3.8, 4) is 16.9 Å². The molecule has 1 aromatic carbocycles. The Labute approximate surface area is 161 Å². The summed E-state index contributed by atoms with van der Waals surface area (Å²) in [6, 6.07) is 3.44. The molecule has 28 heavy (non-hydrogen) atoms. The third kappa shape index (κ3) is 3.48. The van der Waals surface area contributed by atoms with E-state index in [0.717, 1.165) is 16.8 Å². The molecule has 0 aliphatic heterocycles. The summed E-state index contributed by atoms with van der Waals surface area (Å²) in [5.74, 6) is 1.20. The molecule has 0 fully saturated rings. The number of hydrogen-bond acceptors (Lipinski definition) is 8. The first-order valence-electron chi connectivity index (χ1n) is 8.71. The van der Waals surface area contributed by atoms with Gasteiger partial charge in [0.25, 0.3) is 0 Å². The molecule has 148 valence electrons. The maximum absolute atomic E-state index is 11.5. The minimum absolute atomic E-state index is 0.109. The van der Waals surface area contributed by atoms with E-state index in [1.54, 1.807) is 20.3 Å². The number of pyridine rings is 1. The van der Waals surface area contributed by atoms with E-state index in [9.17, 15) is 10.1 Å². The van der Waals surface area contributed by atoms with Crippen LogP contribution in [0.15, 0.2) is 22.9 Å². The van der Waals surface area contributed by atoms with Gasteiger partial charge in [-0.1, -0.05) is 5.16 Å². The van der Waals surface area contributed by atoms with Gasteiger partial charge in [0.15, 0.2) is 0 Å². The van der Waals surface area contributed by atoms with Gasteiger partial charge in [-0.15, -0.1) is 0 Å². The number of fused-ring (bicyclic) bond motifs is 1. The Kier molecular flexibility index (Phi) is 5.46. The number of methoxy groups -OCH3 is 2. The van der Waals surface area contributed by atoms with E-state index in [-0.39, 0.29) is 11.7 Å². The lowest BCUT2D eigenvalue weighted by molar-refractivity contribution is -0.384. The predicted octanol–water partition coefficient (Wildman–Crippen LogP) is 3.87. The topological polar surface area (TPSA) is 113 Å². The van der Waals surface area contributed by atoms with Crippen molar-refractivity contribution in [3.05, 3.63) is 39.9 Å². The molecule has 0 radical (unpaired) electrons. The second kappa shape index (κ2) is 7.81. The van der Waals surface area contributed by atoms with Gasteiger partial charge in [0.1, 0.15) is 23.4 Å². The van der Waals surface area contributed by atoms with E-state index in [2.05, 4.69) is 15.5 Å². The summed E-state index contributed by atoms with van der Waals surface area (Å²) in [4.78, 5) is 15.4. The van der Waals surface area contributed by atoms with Gasteiger partial charge in [0.05, 0.1) is 35.4 Å². The molecule has 2 aromatic heterocycles. The van der Waals surface area contributed by atoms with E-state index in [0.29, 0.717) is 34.7 Å². The van der Waals surface area contributed by atoms with E-state index >= 15 is 0 Å². The fourth-order valence-corrected chi connectivity index (χ4v) is 3.27. The maximum Gasteiger partial charge on any atom is 0.311 e. The standard InChI is InChI=1S/C19H22N4O5/c1-10(9-26-4)21-19-13-7-17(27-5)14(18-11(2)22-28-12(18)3)6-15(13)20-8-16(19)23(24)25/h6-8,10H,9H2,1-5H3,(H,20,21)/t10-/m0/s1. The molecule has 3 aromatic rings. The number of benzene rings is 1. The molecule has 1 N–H and O–H groups in total. The Hall–Kier alpha value is -3.20. The molecule has 0 aliphatic rings. The van der Waals surface area contributed by atoms with Gasteiger partial charge in [0.2, 0.25) is 0 Å². The van der Waals surface area contributed by atoms with Crippen LogP contribution in [0.25, 0.3) is 22.0 Å². The van der Waals surface area contributed by atoms with Crippen molar-refractivity contribution in [2.75, 3.05) is 26.1 Å². The van der Waals surface area contributed by atoms with Gasteiger partial charge in [-0.2, -0.15) is 0 Å². The van der Waals surface area contributed by atoms with Gasteiger partial charge in [-0.05, 0) is 32.9 Å². The zero-order valence-corrected chi connectivity index (χ0v) is 16.4. The molecule has 0 amide bonds. The van der Waals surface area contributed by atoms with Crippen LogP contribution in [-0.4, -0.2) is 41.9 Å². The van der Waals surface area contributed by atoms with E-state index in [1.165, 1.54) is 6.20 Å². The summed E-state index contributed by atoms with van der Waals surface area (Å²) in [5, 5.41) is 19.3. The maximum atomic E-state index is 11.5. The van der Waals surface area contributed by atoms with Crippen LogP contribution in [0.5, 0.6) is 5.75 Å². The van der Waals surface area contributed by atoms with Crippen LogP contribution in [0.4, 0.5) is 11.4 Å². The smallest absolute Gasteiger partial charge is 0.311 e. The summed E-state index contributed by atoms with van der Waals surface area (Å²) >= 11 is 0. The largest absolute Gasteiger partial charge is 0.496 e. The predicted molar refractivity (Wildman–Crippen MR) is 105 cm³/mol. The minimum Gasteiger partial charge on any atom is -0.496 e. The van der Waals surface area contributed by atoms with Crippen molar-refractivity contribution >= 4 is 22.3 Å². The third-order valence-electron chi connectivity index (χ3n) is 4.48. The molecule has 2 heterocycles. The number of anilines is 1. The highest BCUT2D eigenvalue weighted by atomic mass is 16.6. The molecule has 9 heteroatoms. The van der Waals surface area contributed by atoms with Crippen LogP contribution in [0, 0.1) is 24.0 Å². The zero-order valence-electron chi connectivity index (χ0n) is 16.4. The van der Waals surface area contributed by atoms with Crippen LogP contribution in [0.2, 0.25) is 0 Å². The molecule has 0 bridgehead atoms. The third-order valence-corrected chi connectivity index (χ3v) is 4.48.